The zero-order valence-electron chi connectivity index (χ0n) is 35.1. The lowest BCUT2D eigenvalue weighted by molar-refractivity contribution is -0.160. The van der Waals surface area contributed by atoms with Crippen molar-refractivity contribution in [1.82, 2.24) is 20.0 Å². The number of rotatable bonds is 17. The number of hydrogen-bond donors (Lipinski definition) is 3. The number of phenols is 1. The quantitative estimate of drug-likeness (QED) is 0.136. The Bertz CT molecular complexity index is 1760. The van der Waals surface area contributed by atoms with Crippen LogP contribution in [-0.4, -0.2) is 121 Å². The van der Waals surface area contributed by atoms with Gasteiger partial charge in [0.25, 0.3) is 5.91 Å². The zero-order valence-corrected chi connectivity index (χ0v) is 35.1. The van der Waals surface area contributed by atoms with Crippen LogP contribution in [0.5, 0.6) is 11.5 Å². The minimum absolute atomic E-state index is 0.000198. The molecule has 6 aliphatic rings. The molecule has 5 fully saturated rings. The number of amides is 3. The molecule has 1 spiro atoms. The molecule has 2 bridgehead atoms. The highest BCUT2D eigenvalue weighted by Crippen LogP contribution is 2.50. The van der Waals surface area contributed by atoms with Crippen molar-refractivity contribution in [2.24, 2.45) is 17.8 Å². The van der Waals surface area contributed by atoms with Gasteiger partial charge in [0.05, 0.1) is 31.8 Å². The fourth-order valence-electron chi connectivity index (χ4n) is 11.1. The first-order valence-electron chi connectivity index (χ1n) is 22.9. The number of aromatic hydroxyl groups is 1. The van der Waals surface area contributed by atoms with E-state index in [9.17, 15) is 19.5 Å². The number of benzene rings is 2. The third-order valence-electron chi connectivity index (χ3n) is 14.3. The van der Waals surface area contributed by atoms with Crippen molar-refractivity contribution in [2.75, 3.05) is 77.6 Å². The number of morpholine rings is 1. The van der Waals surface area contributed by atoms with Gasteiger partial charge in [-0.05, 0) is 105 Å². The number of likely N-dealkylation sites (tertiary alicyclic amines) is 1. The minimum atomic E-state index is -0.276. The van der Waals surface area contributed by atoms with E-state index < -0.39 is 0 Å². The van der Waals surface area contributed by atoms with E-state index in [1.165, 1.54) is 43.2 Å². The fourth-order valence-corrected chi connectivity index (χ4v) is 11.1. The molecule has 3 saturated carbocycles. The molecule has 2 aromatic rings. The van der Waals surface area contributed by atoms with Crippen LogP contribution in [0.25, 0.3) is 0 Å². The van der Waals surface area contributed by atoms with E-state index in [1.54, 1.807) is 6.07 Å². The fraction of sp³-hybridized carbons (Fsp3) is 0.681. The Balaban J connectivity index is 0.731. The summed E-state index contributed by atoms with van der Waals surface area (Å²) in [5.41, 5.74) is 3.62. The first-order valence-corrected chi connectivity index (χ1v) is 22.9. The second-order valence-electron chi connectivity index (χ2n) is 18.4. The van der Waals surface area contributed by atoms with Gasteiger partial charge in [-0.15, -0.1) is 0 Å². The SMILES string of the molecule is O=C1COc2c(CCNCCN(C(=O)CCOCCc3cccc(CN4CCC5(CC4)CN(C(=O)CC4C[C@@H]6CC[C@H]4C6)CCO5)c3)C3CCCCC3)ccc(O)c2N1. The molecule has 3 N–H and O–H groups in total. The summed E-state index contributed by atoms with van der Waals surface area (Å²) in [6, 6.07) is 12.5. The normalized spacial score (nSPS) is 24.2. The van der Waals surface area contributed by atoms with Gasteiger partial charge in [-0.3, -0.25) is 19.3 Å². The molecule has 2 aromatic carbocycles. The summed E-state index contributed by atoms with van der Waals surface area (Å²) in [4.78, 5) is 45.4. The summed E-state index contributed by atoms with van der Waals surface area (Å²) >= 11 is 0. The predicted octanol–water partition coefficient (Wildman–Crippen LogP) is 5.69. The zero-order chi connectivity index (χ0) is 40.6. The summed E-state index contributed by atoms with van der Waals surface area (Å²) in [6.45, 7) is 7.96. The maximum absolute atomic E-state index is 13.6. The molecular weight excluding hydrogens is 747 g/mol. The highest BCUT2D eigenvalue weighted by molar-refractivity contribution is 5.97. The van der Waals surface area contributed by atoms with Gasteiger partial charge in [-0.25, -0.2) is 0 Å². The number of nitrogens with zero attached hydrogens (tertiary/aromatic N) is 3. The van der Waals surface area contributed by atoms with E-state index >= 15 is 0 Å². The third-order valence-corrected chi connectivity index (χ3v) is 14.3. The Labute approximate surface area is 350 Å². The molecule has 3 atom stereocenters. The van der Waals surface area contributed by atoms with Gasteiger partial charge in [0, 0.05) is 58.3 Å². The molecule has 3 amide bonds. The maximum atomic E-state index is 13.6. The molecule has 1 unspecified atom stereocenters. The lowest BCUT2D eigenvalue weighted by Crippen LogP contribution is -2.58. The molecule has 8 rings (SSSR count). The van der Waals surface area contributed by atoms with Crippen molar-refractivity contribution < 1.29 is 33.7 Å². The predicted molar refractivity (Wildman–Crippen MR) is 226 cm³/mol. The Hall–Kier alpha value is -3.71. The maximum Gasteiger partial charge on any atom is 0.262 e. The van der Waals surface area contributed by atoms with E-state index in [1.807, 2.05) is 6.07 Å². The molecule has 3 heterocycles. The smallest absolute Gasteiger partial charge is 0.262 e. The molecular formula is C47H67N5O7. The Morgan fingerprint density at radius 2 is 1.81 bits per heavy atom. The van der Waals surface area contributed by atoms with Crippen molar-refractivity contribution in [3.05, 3.63) is 53.1 Å². The van der Waals surface area contributed by atoms with Gasteiger partial charge in [-0.1, -0.05) is 56.0 Å². The van der Waals surface area contributed by atoms with Gasteiger partial charge in [0.2, 0.25) is 11.8 Å². The van der Waals surface area contributed by atoms with Crippen LogP contribution in [0.15, 0.2) is 36.4 Å². The summed E-state index contributed by atoms with van der Waals surface area (Å²) in [7, 11) is 0. The molecule has 59 heavy (non-hydrogen) atoms. The van der Waals surface area contributed by atoms with Gasteiger partial charge in [0.15, 0.2) is 12.4 Å². The van der Waals surface area contributed by atoms with Crippen LogP contribution in [-0.2, 0) is 43.2 Å². The molecule has 12 heteroatoms. The molecule has 3 aliphatic heterocycles. The van der Waals surface area contributed by atoms with Crippen molar-refractivity contribution in [2.45, 2.75) is 114 Å². The molecule has 0 radical (unpaired) electrons. The van der Waals surface area contributed by atoms with Crippen molar-refractivity contribution in [3.63, 3.8) is 0 Å². The number of piperidine rings is 1. The van der Waals surface area contributed by atoms with Gasteiger partial charge < -0.3 is 39.8 Å². The number of ether oxygens (including phenoxy) is 3. The number of hydrogen-bond acceptors (Lipinski definition) is 9. The van der Waals surface area contributed by atoms with Crippen LogP contribution in [0.3, 0.4) is 0 Å². The number of phenolic OH excluding ortho intramolecular Hbond substituents is 1. The second kappa shape index (κ2) is 19.8. The molecule has 12 nitrogen and oxygen atoms in total. The van der Waals surface area contributed by atoms with Gasteiger partial charge in [-0.2, -0.15) is 0 Å². The van der Waals surface area contributed by atoms with E-state index in [0.717, 1.165) is 101 Å². The summed E-state index contributed by atoms with van der Waals surface area (Å²) in [5.74, 6) is 3.06. The first kappa shape index (κ1) is 42.0. The number of anilines is 1. The minimum Gasteiger partial charge on any atom is -0.506 e. The number of carbonyl (C=O) groups excluding carboxylic acids is 3. The number of carbonyl (C=O) groups is 3. The van der Waals surface area contributed by atoms with Gasteiger partial charge >= 0.3 is 0 Å². The average Bonchev–Trinajstić information content (AvgIpc) is 3.88. The van der Waals surface area contributed by atoms with Crippen LogP contribution < -0.4 is 15.4 Å². The summed E-state index contributed by atoms with van der Waals surface area (Å²) < 4.78 is 18.1. The molecule has 3 aliphatic carbocycles. The van der Waals surface area contributed by atoms with Crippen molar-refractivity contribution >= 4 is 23.4 Å². The third kappa shape index (κ3) is 10.8. The standard InChI is InChI=1S/C47H67N5O7/c53-41-12-11-37(46-45(41)49-42(54)32-58-46)13-18-48-19-22-52(40-7-2-1-3-8-40)43(55)15-25-57-24-14-34-5-4-6-36(27-34)31-50-20-16-47(17-21-50)33-51(23-26-59-47)44(56)30-39-29-35-9-10-38(39)28-35/h4-6,11-12,27,35,38-40,48,53H,1-3,7-10,13-26,28-33H2,(H,49,54)/t35-,38+,39?/m1/s1. The topological polar surface area (TPSA) is 133 Å². The Morgan fingerprint density at radius 1 is 0.966 bits per heavy atom. The van der Waals surface area contributed by atoms with Crippen LogP contribution >= 0.6 is 0 Å². The first-order chi connectivity index (χ1) is 28.8. The molecule has 0 aromatic heterocycles. The van der Waals surface area contributed by atoms with Crippen LogP contribution in [0.4, 0.5) is 5.69 Å². The van der Waals surface area contributed by atoms with E-state index in [4.69, 9.17) is 14.2 Å². The van der Waals surface area contributed by atoms with Gasteiger partial charge in [0.1, 0.15) is 11.4 Å². The van der Waals surface area contributed by atoms with Crippen molar-refractivity contribution in [1.29, 1.82) is 0 Å². The monoisotopic (exact) mass is 814 g/mol. The summed E-state index contributed by atoms with van der Waals surface area (Å²) in [5, 5.41) is 16.4. The number of fused-ring (bicyclic) bond motifs is 3. The second-order valence-corrected chi connectivity index (χ2v) is 18.4. The van der Waals surface area contributed by atoms with Crippen LogP contribution in [0, 0.1) is 17.8 Å². The van der Waals surface area contributed by atoms with Crippen molar-refractivity contribution in [3.8, 4) is 11.5 Å². The van der Waals surface area contributed by atoms with E-state index in [2.05, 4.69) is 49.6 Å². The number of nitrogens with one attached hydrogen (secondary N) is 2. The highest BCUT2D eigenvalue weighted by Gasteiger charge is 2.44. The Kier molecular flexibility index (Phi) is 14.1. The lowest BCUT2D eigenvalue weighted by Gasteiger charge is -2.47. The average molecular weight is 814 g/mol. The van der Waals surface area contributed by atoms with Crippen LogP contribution in [0.2, 0.25) is 0 Å². The van der Waals surface area contributed by atoms with Crippen LogP contribution in [0.1, 0.15) is 100 Å². The van der Waals surface area contributed by atoms with E-state index in [-0.39, 0.29) is 35.8 Å². The molecule has 2 saturated heterocycles. The highest BCUT2D eigenvalue weighted by atomic mass is 16.5. The lowest BCUT2D eigenvalue weighted by atomic mass is 9.85. The Morgan fingerprint density at radius 3 is 2.63 bits per heavy atom. The van der Waals surface area contributed by atoms with E-state index in [0.29, 0.717) is 75.6 Å². The molecule has 322 valence electrons. The largest absolute Gasteiger partial charge is 0.506 e. The summed E-state index contributed by atoms with van der Waals surface area (Å²) in [6.07, 6.45) is 15.5.